The van der Waals surface area contributed by atoms with Gasteiger partial charge in [-0.05, 0) is 23.3 Å². The average molecular weight is 594 g/mol. The monoisotopic (exact) mass is 593 g/mol. The highest BCUT2D eigenvalue weighted by Gasteiger charge is 2.45. The Bertz CT molecular complexity index is 2090. The molecular weight excluding hydrogens is 572 g/mol. The number of halogens is 2. The number of hydrogen-bond acceptors (Lipinski definition) is 6. The zero-order valence-corrected chi connectivity index (χ0v) is 23.8. The summed E-state index contributed by atoms with van der Waals surface area (Å²) in [5.74, 6) is -1.94. The van der Waals surface area contributed by atoms with E-state index in [4.69, 9.17) is 15.0 Å². The lowest BCUT2D eigenvalue weighted by molar-refractivity contribution is 0.0481. The van der Waals surface area contributed by atoms with Crippen LogP contribution in [0, 0.1) is 0 Å². The SMILES string of the molecule is FC1(F)c2cc(-c3nc(-c4ccccc4)nc(-c4ccccc4)n3)ccc2-c2ccc(-c3nnc(-c4ccccc4)s3)cc21. The third-order valence-corrected chi connectivity index (χ3v) is 8.68. The first-order valence-corrected chi connectivity index (χ1v) is 14.8. The molecule has 0 saturated heterocycles. The van der Waals surface area contributed by atoms with Crippen LogP contribution in [0.2, 0.25) is 0 Å². The van der Waals surface area contributed by atoms with E-state index >= 15 is 8.78 Å². The van der Waals surface area contributed by atoms with Crippen molar-refractivity contribution in [2.24, 2.45) is 0 Å². The summed E-state index contributed by atoms with van der Waals surface area (Å²) in [6, 6.07) is 39.0. The van der Waals surface area contributed by atoms with Crippen LogP contribution in [-0.2, 0) is 5.92 Å². The van der Waals surface area contributed by atoms with Crippen molar-refractivity contribution in [1.82, 2.24) is 25.1 Å². The van der Waals surface area contributed by atoms with Crippen molar-refractivity contribution >= 4 is 11.3 Å². The molecule has 5 nitrogen and oxygen atoms in total. The Labute approximate surface area is 255 Å². The summed E-state index contributed by atoms with van der Waals surface area (Å²) in [4.78, 5) is 14.2. The van der Waals surface area contributed by atoms with E-state index in [2.05, 4.69) is 10.2 Å². The third-order valence-electron chi connectivity index (χ3n) is 7.66. The largest absolute Gasteiger partial charge is 0.299 e. The first kappa shape index (κ1) is 26.2. The van der Waals surface area contributed by atoms with E-state index < -0.39 is 5.92 Å². The number of nitrogens with zero attached hydrogens (tertiary/aromatic N) is 5. The molecule has 0 saturated carbocycles. The summed E-state index contributed by atoms with van der Waals surface area (Å²) in [6.45, 7) is 0. The predicted molar refractivity (Wildman–Crippen MR) is 169 cm³/mol. The summed E-state index contributed by atoms with van der Waals surface area (Å²) in [7, 11) is 0. The normalized spacial score (nSPS) is 13.0. The van der Waals surface area contributed by atoms with E-state index in [-0.39, 0.29) is 11.1 Å². The van der Waals surface area contributed by atoms with Crippen LogP contribution in [0.5, 0.6) is 0 Å². The molecule has 1 aliphatic rings. The topological polar surface area (TPSA) is 64.5 Å². The molecule has 5 aromatic carbocycles. The molecule has 0 fully saturated rings. The molecular formula is C36H21F2N5S. The second kappa shape index (κ2) is 10.4. The molecule has 0 N–H and O–H groups in total. The van der Waals surface area contributed by atoms with E-state index in [1.54, 1.807) is 18.2 Å². The van der Waals surface area contributed by atoms with Crippen molar-refractivity contribution in [3.8, 4) is 66.4 Å². The number of rotatable bonds is 5. The van der Waals surface area contributed by atoms with E-state index in [0.29, 0.717) is 44.7 Å². The van der Waals surface area contributed by atoms with Gasteiger partial charge in [-0.15, -0.1) is 10.2 Å². The zero-order valence-electron chi connectivity index (χ0n) is 23.0. The van der Waals surface area contributed by atoms with Gasteiger partial charge in [-0.2, -0.15) is 8.78 Å². The van der Waals surface area contributed by atoms with E-state index in [0.717, 1.165) is 21.7 Å². The van der Waals surface area contributed by atoms with Crippen molar-refractivity contribution in [3.05, 3.63) is 139 Å². The van der Waals surface area contributed by atoms with Crippen LogP contribution in [0.4, 0.5) is 8.78 Å². The van der Waals surface area contributed by atoms with Crippen molar-refractivity contribution in [2.75, 3.05) is 0 Å². The average Bonchev–Trinajstić information content (AvgIpc) is 3.67. The summed E-state index contributed by atoms with van der Waals surface area (Å²) in [6.07, 6.45) is 0. The maximum absolute atomic E-state index is 16.2. The fourth-order valence-corrected chi connectivity index (χ4v) is 6.32. The number of aromatic nitrogens is 5. The Hall–Kier alpha value is -5.47. The Morgan fingerprint density at radius 3 is 1.36 bits per heavy atom. The first-order valence-electron chi connectivity index (χ1n) is 14.0. The molecule has 7 aromatic rings. The van der Waals surface area contributed by atoms with E-state index in [9.17, 15) is 0 Å². The second-order valence-corrected chi connectivity index (χ2v) is 11.4. The molecule has 0 bridgehead atoms. The van der Waals surface area contributed by atoms with Gasteiger partial charge >= 0.3 is 0 Å². The molecule has 44 heavy (non-hydrogen) atoms. The smallest absolute Gasteiger partial charge is 0.208 e. The Morgan fingerprint density at radius 1 is 0.432 bits per heavy atom. The summed E-state index contributed by atoms with van der Waals surface area (Å²) >= 11 is 1.38. The van der Waals surface area contributed by atoms with Gasteiger partial charge in [0.15, 0.2) is 17.5 Å². The van der Waals surface area contributed by atoms with Gasteiger partial charge in [-0.3, -0.25) is 0 Å². The standard InChI is InChI=1S/C36H21F2N5S/c37-36(38)29-20-25(33-40-31(22-10-4-1-5-11-22)39-32(41-33)23-12-6-2-7-13-23)16-18-27(29)28-19-17-26(21-30(28)36)35-43-42-34(44-35)24-14-8-3-9-15-24/h1-21H. The highest BCUT2D eigenvalue weighted by atomic mass is 32.1. The van der Waals surface area contributed by atoms with Gasteiger partial charge in [0, 0.05) is 38.9 Å². The minimum Gasteiger partial charge on any atom is -0.208 e. The van der Waals surface area contributed by atoms with Crippen LogP contribution in [-0.4, -0.2) is 25.1 Å². The zero-order chi connectivity index (χ0) is 29.7. The van der Waals surface area contributed by atoms with Gasteiger partial charge in [0.25, 0.3) is 5.92 Å². The van der Waals surface area contributed by atoms with Crippen molar-refractivity contribution in [1.29, 1.82) is 0 Å². The van der Waals surface area contributed by atoms with Gasteiger partial charge < -0.3 is 0 Å². The van der Waals surface area contributed by atoms with Crippen molar-refractivity contribution in [2.45, 2.75) is 5.92 Å². The molecule has 8 heteroatoms. The van der Waals surface area contributed by atoms with Crippen LogP contribution in [0.15, 0.2) is 127 Å². The fraction of sp³-hybridized carbons (Fsp3) is 0.0278. The lowest BCUT2D eigenvalue weighted by Crippen LogP contribution is -2.11. The molecule has 1 aliphatic carbocycles. The number of fused-ring (bicyclic) bond motifs is 3. The highest BCUT2D eigenvalue weighted by Crippen LogP contribution is 2.52. The molecule has 0 aliphatic heterocycles. The van der Waals surface area contributed by atoms with Crippen molar-refractivity contribution in [3.63, 3.8) is 0 Å². The molecule has 2 heterocycles. The number of hydrogen-bond donors (Lipinski definition) is 0. The molecule has 0 unspecified atom stereocenters. The van der Waals surface area contributed by atoms with Gasteiger partial charge in [-0.1, -0.05) is 127 Å². The lowest BCUT2D eigenvalue weighted by atomic mass is 10.0. The quantitative estimate of drug-likeness (QED) is 0.199. The van der Waals surface area contributed by atoms with Crippen molar-refractivity contribution < 1.29 is 8.78 Å². The van der Waals surface area contributed by atoms with Gasteiger partial charge in [0.2, 0.25) is 0 Å². The minimum absolute atomic E-state index is 0.0517. The maximum atomic E-state index is 16.2. The lowest BCUT2D eigenvalue weighted by Gasteiger charge is -2.14. The van der Waals surface area contributed by atoms with Crippen LogP contribution in [0.3, 0.4) is 0 Å². The Morgan fingerprint density at radius 2 is 0.841 bits per heavy atom. The minimum atomic E-state index is -3.22. The second-order valence-electron chi connectivity index (χ2n) is 10.4. The highest BCUT2D eigenvalue weighted by molar-refractivity contribution is 7.17. The molecule has 0 radical (unpaired) electrons. The molecule has 0 spiro atoms. The molecule has 0 amide bonds. The molecule has 0 atom stereocenters. The summed E-state index contributed by atoms with van der Waals surface area (Å²) in [5.41, 5.74) is 4.52. The molecule has 210 valence electrons. The first-order chi connectivity index (χ1) is 21.5. The Balaban J connectivity index is 1.20. The summed E-state index contributed by atoms with van der Waals surface area (Å²) in [5, 5.41) is 9.93. The number of alkyl halides is 2. The third kappa shape index (κ3) is 4.47. The van der Waals surface area contributed by atoms with Crippen LogP contribution in [0.25, 0.3) is 66.4 Å². The summed E-state index contributed by atoms with van der Waals surface area (Å²) < 4.78 is 32.4. The van der Waals surface area contributed by atoms with Gasteiger partial charge in [0.1, 0.15) is 10.0 Å². The van der Waals surface area contributed by atoms with Crippen LogP contribution < -0.4 is 0 Å². The molecule has 2 aromatic heterocycles. The van der Waals surface area contributed by atoms with Crippen LogP contribution in [0.1, 0.15) is 11.1 Å². The maximum Gasteiger partial charge on any atom is 0.299 e. The van der Waals surface area contributed by atoms with Gasteiger partial charge in [0.05, 0.1) is 0 Å². The molecule has 8 rings (SSSR count). The number of benzene rings is 5. The Kier molecular flexibility index (Phi) is 6.16. The van der Waals surface area contributed by atoms with E-state index in [1.807, 2.05) is 97.1 Å². The van der Waals surface area contributed by atoms with Gasteiger partial charge in [-0.25, -0.2) is 15.0 Å². The van der Waals surface area contributed by atoms with E-state index in [1.165, 1.54) is 23.5 Å². The predicted octanol–water partition coefficient (Wildman–Crippen LogP) is 9.18. The fourth-order valence-electron chi connectivity index (χ4n) is 5.47. The van der Waals surface area contributed by atoms with Crippen LogP contribution >= 0.6 is 11.3 Å².